The van der Waals surface area contributed by atoms with E-state index in [1.807, 2.05) is 24.3 Å². The first kappa shape index (κ1) is 18.8. The van der Waals surface area contributed by atoms with Gasteiger partial charge >= 0.3 is 0 Å². The van der Waals surface area contributed by atoms with E-state index in [1.165, 1.54) is 17.5 Å². The van der Waals surface area contributed by atoms with E-state index in [0.29, 0.717) is 0 Å². The molecule has 1 N–H and O–H groups in total. The number of halogens is 2. The Morgan fingerprint density at radius 3 is 2.41 bits per heavy atom. The molecule has 27 heavy (non-hydrogen) atoms. The highest BCUT2D eigenvalue weighted by Gasteiger charge is 2.53. The average Bonchev–Trinajstić information content (AvgIpc) is 2.63. The number of piperidine rings is 1. The van der Waals surface area contributed by atoms with Gasteiger partial charge in [-0.1, -0.05) is 66.0 Å². The van der Waals surface area contributed by atoms with Crippen molar-refractivity contribution < 1.29 is 4.84 Å². The van der Waals surface area contributed by atoms with Crippen molar-refractivity contribution in [1.29, 1.82) is 0 Å². The van der Waals surface area contributed by atoms with Crippen molar-refractivity contribution in [3.05, 3.63) is 69.7 Å². The van der Waals surface area contributed by atoms with Crippen molar-refractivity contribution >= 4 is 28.9 Å². The summed E-state index contributed by atoms with van der Waals surface area (Å²) in [5, 5.41) is 9.97. The lowest BCUT2D eigenvalue weighted by Crippen LogP contribution is -2.56. The van der Waals surface area contributed by atoms with E-state index in [-0.39, 0.29) is 23.4 Å². The Bertz CT molecular complexity index is 869. The smallest absolute Gasteiger partial charge is 0.106 e. The summed E-state index contributed by atoms with van der Waals surface area (Å²) in [5.74, 6) is 0.289. The minimum Gasteiger partial charge on any atom is -0.399 e. The van der Waals surface area contributed by atoms with Crippen molar-refractivity contribution in [2.24, 2.45) is 16.5 Å². The van der Waals surface area contributed by atoms with Crippen LogP contribution in [0.25, 0.3) is 0 Å². The Morgan fingerprint density at radius 1 is 1.07 bits per heavy atom. The molecule has 0 amide bonds. The van der Waals surface area contributed by atoms with Crippen molar-refractivity contribution in [3.8, 4) is 0 Å². The normalized spacial score (nSPS) is 31.7. The van der Waals surface area contributed by atoms with E-state index >= 15 is 0 Å². The van der Waals surface area contributed by atoms with Gasteiger partial charge in [-0.15, -0.1) is 0 Å². The summed E-state index contributed by atoms with van der Waals surface area (Å²) in [6.07, 6.45) is 3.32. The molecule has 4 unspecified atom stereocenters. The molecule has 1 saturated carbocycles. The summed E-state index contributed by atoms with van der Waals surface area (Å²) in [5.41, 5.74) is 3.40. The molecule has 2 aliphatic rings. The zero-order chi connectivity index (χ0) is 19.0. The molecule has 0 spiro atoms. The largest absolute Gasteiger partial charge is 0.399 e. The first-order valence-electron chi connectivity index (χ1n) is 9.41. The highest BCUT2D eigenvalue weighted by atomic mass is 35.5. The molecule has 3 nitrogen and oxygen atoms in total. The molecule has 2 fully saturated rings. The number of nitrogens with one attached hydrogen (secondary N) is 1. The second kappa shape index (κ2) is 7.46. The van der Waals surface area contributed by atoms with Crippen LogP contribution in [0.5, 0.6) is 0 Å². The molecule has 1 aliphatic carbocycles. The SMILES string of the molecule is CO/N=C1\C2CCCC1(C)C(c1cccc(Cl)c1)NC2c1cccc(Cl)c1. The van der Waals surface area contributed by atoms with Crippen LogP contribution in [0.4, 0.5) is 0 Å². The van der Waals surface area contributed by atoms with Crippen molar-refractivity contribution in [2.45, 2.75) is 38.3 Å². The number of hydrogen-bond acceptors (Lipinski definition) is 3. The molecular formula is C22H24Cl2N2O. The van der Waals surface area contributed by atoms with E-state index in [2.05, 4.69) is 41.7 Å². The topological polar surface area (TPSA) is 33.6 Å². The number of benzene rings is 2. The first-order valence-corrected chi connectivity index (χ1v) is 10.2. The van der Waals surface area contributed by atoms with Gasteiger partial charge in [0.1, 0.15) is 7.11 Å². The Morgan fingerprint density at radius 2 is 1.74 bits per heavy atom. The van der Waals surface area contributed by atoms with E-state index in [4.69, 9.17) is 28.0 Å². The Balaban J connectivity index is 1.84. The van der Waals surface area contributed by atoms with Crippen molar-refractivity contribution in [3.63, 3.8) is 0 Å². The molecule has 4 rings (SSSR count). The van der Waals surface area contributed by atoms with Crippen LogP contribution >= 0.6 is 23.2 Å². The summed E-state index contributed by atoms with van der Waals surface area (Å²) in [4.78, 5) is 5.31. The predicted molar refractivity (Wildman–Crippen MR) is 111 cm³/mol. The number of nitrogens with zero attached hydrogens (tertiary/aromatic N) is 1. The average molecular weight is 403 g/mol. The summed E-state index contributed by atoms with van der Waals surface area (Å²) in [7, 11) is 1.64. The van der Waals surface area contributed by atoms with E-state index in [9.17, 15) is 0 Å². The lowest BCUT2D eigenvalue weighted by Gasteiger charge is -2.53. The third-order valence-corrected chi connectivity index (χ3v) is 6.58. The molecular weight excluding hydrogens is 379 g/mol. The quantitative estimate of drug-likeness (QED) is 0.620. The van der Waals surface area contributed by atoms with Crippen molar-refractivity contribution in [2.75, 3.05) is 7.11 Å². The number of oxime groups is 1. The van der Waals surface area contributed by atoms with Gasteiger partial charge in [0, 0.05) is 33.5 Å². The van der Waals surface area contributed by atoms with E-state index in [1.54, 1.807) is 7.11 Å². The van der Waals surface area contributed by atoms with Gasteiger partial charge in [-0.3, -0.25) is 0 Å². The lowest BCUT2D eigenvalue weighted by molar-refractivity contribution is 0.135. The molecule has 0 aromatic heterocycles. The van der Waals surface area contributed by atoms with Gasteiger partial charge in [-0.25, -0.2) is 0 Å². The highest BCUT2D eigenvalue weighted by molar-refractivity contribution is 6.30. The maximum Gasteiger partial charge on any atom is 0.106 e. The minimum atomic E-state index is -0.112. The van der Waals surface area contributed by atoms with Crippen LogP contribution in [-0.4, -0.2) is 12.8 Å². The standard InChI is InChI=1S/C22H24Cl2N2O/c1-22-11-5-10-18(21(22)26-27-2)19(14-6-3-8-16(23)12-14)25-20(22)15-7-4-9-17(24)13-15/h3-4,6-9,12-13,18-20,25H,5,10-11H2,1-2H3/b26-21+. The minimum absolute atomic E-state index is 0.102. The summed E-state index contributed by atoms with van der Waals surface area (Å²) in [6, 6.07) is 16.5. The second-order valence-electron chi connectivity index (χ2n) is 7.76. The molecule has 2 aromatic carbocycles. The van der Waals surface area contributed by atoms with Crippen LogP contribution in [-0.2, 0) is 4.84 Å². The summed E-state index contributed by atoms with van der Waals surface area (Å²) < 4.78 is 0. The first-order chi connectivity index (χ1) is 13.0. The van der Waals surface area contributed by atoms with Crippen LogP contribution in [0.1, 0.15) is 49.4 Å². The molecule has 2 bridgehead atoms. The molecule has 142 valence electrons. The molecule has 1 heterocycles. The number of rotatable bonds is 3. The van der Waals surface area contributed by atoms with Gasteiger partial charge in [0.15, 0.2) is 0 Å². The third-order valence-electron chi connectivity index (χ3n) is 6.11. The third kappa shape index (κ3) is 3.37. The molecule has 0 radical (unpaired) electrons. The van der Waals surface area contributed by atoms with Gasteiger partial charge in [0.25, 0.3) is 0 Å². The van der Waals surface area contributed by atoms with Crippen LogP contribution in [0.15, 0.2) is 53.7 Å². The van der Waals surface area contributed by atoms with Crippen molar-refractivity contribution in [1.82, 2.24) is 5.32 Å². The highest BCUT2D eigenvalue weighted by Crippen LogP contribution is 2.54. The second-order valence-corrected chi connectivity index (χ2v) is 8.64. The van der Waals surface area contributed by atoms with Gasteiger partial charge in [-0.05, 0) is 48.2 Å². The van der Waals surface area contributed by atoms with Crippen LogP contribution in [0.2, 0.25) is 10.0 Å². The monoisotopic (exact) mass is 402 g/mol. The number of hydrogen-bond donors (Lipinski definition) is 1. The van der Waals surface area contributed by atoms with Crippen LogP contribution in [0, 0.1) is 11.3 Å². The Kier molecular flexibility index (Phi) is 5.19. The molecule has 4 atom stereocenters. The van der Waals surface area contributed by atoms with E-state index < -0.39 is 0 Å². The fourth-order valence-corrected chi connectivity index (χ4v) is 5.32. The fourth-order valence-electron chi connectivity index (χ4n) is 4.92. The van der Waals surface area contributed by atoms with Gasteiger partial charge < -0.3 is 10.2 Å². The molecule has 2 aromatic rings. The Labute approximate surface area is 170 Å². The Hall–Kier alpha value is -1.55. The summed E-state index contributed by atoms with van der Waals surface area (Å²) in [6.45, 7) is 2.30. The zero-order valence-corrected chi connectivity index (χ0v) is 17.1. The maximum absolute atomic E-state index is 6.31. The van der Waals surface area contributed by atoms with Crippen LogP contribution in [0.3, 0.4) is 0 Å². The molecule has 1 aliphatic heterocycles. The van der Waals surface area contributed by atoms with Crippen LogP contribution < -0.4 is 5.32 Å². The lowest BCUT2D eigenvalue weighted by atomic mass is 9.58. The van der Waals surface area contributed by atoms with E-state index in [0.717, 1.165) is 28.6 Å². The zero-order valence-electron chi connectivity index (χ0n) is 15.6. The maximum atomic E-state index is 6.31. The molecule has 1 saturated heterocycles. The predicted octanol–water partition coefficient (Wildman–Crippen LogP) is 6.19. The van der Waals surface area contributed by atoms with Gasteiger partial charge in [-0.2, -0.15) is 0 Å². The van der Waals surface area contributed by atoms with Gasteiger partial charge in [0.2, 0.25) is 0 Å². The summed E-state index contributed by atoms with van der Waals surface area (Å²) >= 11 is 12.6. The molecule has 5 heteroatoms. The van der Waals surface area contributed by atoms with Gasteiger partial charge in [0.05, 0.1) is 5.71 Å². The fraction of sp³-hybridized carbons (Fsp3) is 0.409. The number of fused-ring (bicyclic) bond motifs is 2.